The van der Waals surface area contributed by atoms with Crippen molar-refractivity contribution in [2.75, 3.05) is 12.4 Å². The molecule has 0 saturated heterocycles. The van der Waals surface area contributed by atoms with E-state index < -0.39 is 10.8 Å². The summed E-state index contributed by atoms with van der Waals surface area (Å²) in [6, 6.07) is 15.9. The second-order valence-electron chi connectivity index (χ2n) is 5.72. The molecule has 0 aliphatic carbocycles. The smallest absolute Gasteiger partial charge is 0.119 e. The highest BCUT2D eigenvalue weighted by molar-refractivity contribution is 7.85. The van der Waals surface area contributed by atoms with Crippen molar-refractivity contribution in [2.24, 2.45) is 0 Å². The molecule has 4 heteroatoms. The summed E-state index contributed by atoms with van der Waals surface area (Å²) in [5.41, 5.74) is 2.20. The lowest BCUT2D eigenvalue weighted by molar-refractivity contribution is 0.415. The molecule has 0 aliphatic heterocycles. The normalized spacial score (nSPS) is 14.8. The first-order chi connectivity index (χ1) is 11.0. The quantitative estimate of drug-likeness (QED) is 0.818. The molecular weight excluding hydrogens is 306 g/mol. The van der Waals surface area contributed by atoms with Crippen LogP contribution in [-0.4, -0.2) is 22.6 Å². The summed E-state index contributed by atoms with van der Waals surface area (Å²) in [6.07, 6.45) is 0.852. The maximum Gasteiger partial charge on any atom is 0.119 e. The van der Waals surface area contributed by atoms with E-state index in [0.717, 1.165) is 22.8 Å². The van der Waals surface area contributed by atoms with Gasteiger partial charge in [0.1, 0.15) is 5.75 Å². The van der Waals surface area contributed by atoms with Gasteiger partial charge < -0.3 is 10.1 Å². The van der Waals surface area contributed by atoms with Gasteiger partial charge in [-0.25, -0.2) is 0 Å². The molecule has 0 fully saturated rings. The molecule has 0 saturated carbocycles. The van der Waals surface area contributed by atoms with Gasteiger partial charge in [0.15, 0.2) is 0 Å². The van der Waals surface area contributed by atoms with Crippen molar-refractivity contribution in [3.8, 4) is 5.75 Å². The molecule has 2 aromatic rings. The maximum absolute atomic E-state index is 12.9. The molecular formula is C19H25NO2S. The van der Waals surface area contributed by atoms with Crippen LogP contribution in [0.5, 0.6) is 5.75 Å². The second kappa shape index (κ2) is 8.16. The van der Waals surface area contributed by atoms with Gasteiger partial charge >= 0.3 is 0 Å². The van der Waals surface area contributed by atoms with Crippen LogP contribution < -0.4 is 10.1 Å². The van der Waals surface area contributed by atoms with Crippen molar-refractivity contribution in [3.05, 3.63) is 54.1 Å². The Bertz CT molecular complexity index is 637. The first-order valence-corrected chi connectivity index (χ1v) is 9.14. The highest BCUT2D eigenvalue weighted by Crippen LogP contribution is 2.21. The maximum atomic E-state index is 12.9. The topological polar surface area (TPSA) is 38.3 Å². The molecule has 0 aromatic heterocycles. The van der Waals surface area contributed by atoms with Crippen LogP contribution in [0.15, 0.2) is 53.4 Å². The van der Waals surface area contributed by atoms with Gasteiger partial charge in [0, 0.05) is 16.6 Å². The molecule has 3 nitrogen and oxygen atoms in total. The van der Waals surface area contributed by atoms with Crippen LogP contribution in [-0.2, 0) is 10.8 Å². The third-order valence-electron chi connectivity index (χ3n) is 3.97. The van der Waals surface area contributed by atoms with E-state index in [4.69, 9.17) is 4.74 Å². The predicted molar refractivity (Wildman–Crippen MR) is 97.7 cm³/mol. The van der Waals surface area contributed by atoms with Crippen molar-refractivity contribution in [1.29, 1.82) is 0 Å². The molecule has 124 valence electrons. The zero-order valence-electron chi connectivity index (χ0n) is 14.2. The highest BCUT2D eigenvalue weighted by atomic mass is 32.2. The number of benzene rings is 2. The van der Waals surface area contributed by atoms with Crippen LogP contribution in [0, 0.1) is 6.92 Å². The van der Waals surface area contributed by atoms with Crippen LogP contribution in [0.2, 0.25) is 0 Å². The van der Waals surface area contributed by atoms with Gasteiger partial charge in [0.2, 0.25) is 0 Å². The van der Waals surface area contributed by atoms with E-state index in [1.165, 1.54) is 5.56 Å². The Kier molecular flexibility index (Phi) is 6.22. The summed E-state index contributed by atoms with van der Waals surface area (Å²) in [6.45, 7) is 6.21. The average molecular weight is 331 g/mol. The minimum atomic E-state index is -1.03. The van der Waals surface area contributed by atoms with Crippen LogP contribution in [0.1, 0.15) is 25.8 Å². The lowest BCUT2D eigenvalue weighted by Gasteiger charge is -2.24. The third-order valence-corrected chi connectivity index (χ3v) is 6.00. The van der Waals surface area contributed by atoms with E-state index in [-0.39, 0.29) is 11.3 Å². The molecule has 0 amide bonds. The Hall–Kier alpha value is -1.81. The third kappa shape index (κ3) is 4.58. The zero-order valence-corrected chi connectivity index (χ0v) is 15.0. The van der Waals surface area contributed by atoms with Gasteiger partial charge in [-0.15, -0.1) is 0 Å². The molecule has 0 aliphatic rings. The monoisotopic (exact) mass is 331 g/mol. The Morgan fingerprint density at radius 2 is 1.70 bits per heavy atom. The number of hydrogen-bond acceptors (Lipinski definition) is 3. The van der Waals surface area contributed by atoms with Crippen molar-refractivity contribution >= 4 is 16.5 Å². The van der Waals surface area contributed by atoms with E-state index in [1.54, 1.807) is 7.11 Å². The van der Waals surface area contributed by atoms with Crippen molar-refractivity contribution in [3.63, 3.8) is 0 Å². The molecule has 1 unspecified atom stereocenters. The Morgan fingerprint density at radius 1 is 1.09 bits per heavy atom. The molecule has 3 atom stereocenters. The molecule has 2 rings (SSSR count). The largest absolute Gasteiger partial charge is 0.497 e. The second-order valence-corrected chi connectivity index (χ2v) is 7.39. The van der Waals surface area contributed by atoms with Crippen molar-refractivity contribution in [2.45, 2.75) is 43.4 Å². The number of aryl methyl sites for hydroxylation is 1. The summed E-state index contributed by atoms with van der Waals surface area (Å²) in [7, 11) is 0.629. The van der Waals surface area contributed by atoms with Gasteiger partial charge in [-0.3, -0.25) is 4.21 Å². The number of anilines is 1. The van der Waals surface area contributed by atoms with Crippen molar-refractivity contribution < 1.29 is 8.95 Å². The van der Waals surface area contributed by atoms with Crippen LogP contribution in [0.25, 0.3) is 0 Å². The Morgan fingerprint density at radius 3 is 2.22 bits per heavy atom. The summed E-state index contributed by atoms with van der Waals surface area (Å²) < 4.78 is 18.0. The van der Waals surface area contributed by atoms with Gasteiger partial charge in [-0.05, 0) is 56.7 Å². The minimum absolute atomic E-state index is 0.0554. The van der Waals surface area contributed by atoms with E-state index in [9.17, 15) is 4.21 Å². The van der Waals surface area contributed by atoms with Crippen LogP contribution >= 0.6 is 0 Å². The standard InChI is InChI=1S/C19H25NO2S/c1-5-19(23(21)18-12-6-14(2)7-13-18)15(3)20-16-8-10-17(22-4)11-9-16/h6-13,15,19-20H,5H2,1-4H3/t15-,19-,23?/m1/s1. The fourth-order valence-electron chi connectivity index (χ4n) is 2.58. The number of nitrogens with one attached hydrogen (secondary N) is 1. The fourth-order valence-corrected chi connectivity index (χ4v) is 4.08. The van der Waals surface area contributed by atoms with Crippen LogP contribution in [0.3, 0.4) is 0 Å². The van der Waals surface area contributed by atoms with Crippen molar-refractivity contribution in [1.82, 2.24) is 0 Å². The van der Waals surface area contributed by atoms with Gasteiger partial charge in [0.25, 0.3) is 0 Å². The number of hydrogen-bond donors (Lipinski definition) is 1. The highest BCUT2D eigenvalue weighted by Gasteiger charge is 2.23. The molecule has 0 spiro atoms. The Balaban J connectivity index is 2.09. The summed E-state index contributed by atoms with van der Waals surface area (Å²) in [5.74, 6) is 0.832. The van der Waals surface area contributed by atoms with E-state index in [0.29, 0.717) is 0 Å². The van der Waals surface area contributed by atoms with E-state index >= 15 is 0 Å². The molecule has 2 aromatic carbocycles. The van der Waals surface area contributed by atoms with Gasteiger partial charge in [0.05, 0.1) is 23.2 Å². The van der Waals surface area contributed by atoms with Gasteiger partial charge in [-0.1, -0.05) is 24.6 Å². The Labute approximate surface area is 141 Å². The number of methoxy groups -OCH3 is 1. The lowest BCUT2D eigenvalue weighted by Crippen LogP contribution is -2.34. The fraction of sp³-hybridized carbons (Fsp3) is 0.368. The summed E-state index contributed by atoms with van der Waals surface area (Å²) in [4.78, 5) is 0.894. The average Bonchev–Trinajstić information content (AvgIpc) is 2.56. The molecule has 1 N–H and O–H groups in total. The predicted octanol–water partition coefficient (Wildman–Crippen LogP) is 4.39. The molecule has 0 bridgehead atoms. The summed E-state index contributed by atoms with van der Waals surface area (Å²) >= 11 is 0. The SMILES string of the molecule is CC[C@H]([C@@H](C)Nc1ccc(OC)cc1)S(=O)c1ccc(C)cc1. The molecule has 0 heterocycles. The minimum Gasteiger partial charge on any atom is -0.497 e. The van der Waals surface area contributed by atoms with E-state index in [1.807, 2.05) is 55.5 Å². The lowest BCUT2D eigenvalue weighted by atomic mass is 10.1. The molecule has 23 heavy (non-hydrogen) atoms. The number of ether oxygens (including phenoxy) is 1. The number of rotatable bonds is 7. The first kappa shape index (κ1) is 17.5. The van der Waals surface area contributed by atoms with E-state index in [2.05, 4.69) is 19.2 Å². The van der Waals surface area contributed by atoms with Gasteiger partial charge in [-0.2, -0.15) is 0 Å². The first-order valence-electron chi connectivity index (χ1n) is 7.93. The molecule has 0 radical (unpaired) electrons. The zero-order chi connectivity index (χ0) is 16.8. The van der Waals surface area contributed by atoms with Crippen LogP contribution in [0.4, 0.5) is 5.69 Å². The summed E-state index contributed by atoms with van der Waals surface area (Å²) in [5, 5.41) is 3.51.